The Kier molecular flexibility index (Phi) is 3.14. The van der Waals surface area contributed by atoms with E-state index in [0.717, 1.165) is 0 Å². The van der Waals surface area contributed by atoms with Crippen molar-refractivity contribution < 1.29 is 4.79 Å². The lowest BCUT2D eigenvalue weighted by molar-refractivity contribution is -0.118. The quantitative estimate of drug-likeness (QED) is 0.519. The van der Waals surface area contributed by atoms with Gasteiger partial charge in [-0.05, 0) is 6.92 Å². The molecule has 9 heavy (non-hydrogen) atoms. The second kappa shape index (κ2) is 3.67. The third kappa shape index (κ3) is 4.56. The van der Waals surface area contributed by atoms with Gasteiger partial charge in [-0.1, -0.05) is 0 Å². The second-order valence-electron chi connectivity index (χ2n) is 1.64. The SMILES string of the molecule is CC(=O)N/C(C)=C/C#N. The highest BCUT2D eigenvalue weighted by Gasteiger charge is 1.88. The molecule has 0 saturated heterocycles. The van der Waals surface area contributed by atoms with Gasteiger partial charge in [0, 0.05) is 18.7 Å². The van der Waals surface area contributed by atoms with Crippen molar-refractivity contribution in [3.63, 3.8) is 0 Å². The lowest BCUT2D eigenvalue weighted by atomic mass is 10.4. The number of nitrogens with zero attached hydrogens (tertiary/aromatic N) is 1. The summed E-state index contributed by atoms with van der Waals surface area (Å²) < 4.78 is 0. The monoisotopic (exact) mass is 124 g/mol. The van der Waals surface area contributed by atoms with E-state index < -0.39 is 0 Å². The van der Waals surface area contributed by atoms with Gasteiger partial charge in [0.15, 0.2) is 0 Å². The molecule has 1 N–H and O–H groups in total. The summed E-state index contributed by atoms with van der Waals surface area (Å²) in [6, 6.07) is 1.80. The molecule has 0 heterocycles. The van der Waals surface area contributed by atoms with E-state index in [1.165, 1.54) is 13.0 Å². The number of carbonyl (C=O) groups excluding carboxylic acids is 1. The number of allylic oxidation sites excluding steroid dienone is 2. The van der Waals surface area contributed by atoms with Gasteiger partial charge in [0.2, 0.25) is 5.91 Å². The molecule has 48 valence electrons. The van der Waals surface area contributed by atoms with Crippen LogP contribution in [-0.2, 0) is 4.79 Å². The average molecular weight is 124 g/mol. The van der Waals surface area contributed by atoms with Crippen molar-refractivity contribution in [1.29, 1.82) is 5.26 Å². The molecular weight excluding hydrogens is 116 g/mol. The summed E-state index contributed by atoms with van der Waals surface area (Å²) in [5, 5.41) is 10.5. The van der Waals surface area contributed by atoms with Crippen LogP contribution in [-0.4, -0.2) is 5.91 Å². The minimum absolute atomic E-state index is 0.154. The summed E-state index contributed by atoms with van der Waals surface area (Å²) >= 11 is 0. The molecule has 3 nitrogen and oxygen atoms in total. The predicted molar refractivity (Wildman–Crippen MR) is 33.2 cm³/mol. The Hall–Kier alpha value is -1.30. The molecule has 0 bridgehead atoms. The highest BCUT2D eigenvalue weighted by atomic mass is 16.1. The summed E-state index contributed by atoms with van der Waals surface area (Å²) in [7, 11) is 0. The molecule has 0 unspecified atom stereocenters. The van der Waals surface area contributed by atoms with Crippen LogP contribution in [0.25, 0.3) is 0 Å². The summed E-state index contributed by atoms with van der Waals surface area (Å²) in [4.78, 5) is 10.3. The third-order valence-corrected chi connectivity index (χ3v) is 0.654. The zero-order valence-electron chi connectivity index (χ0n) is 5.43. The van der Waals surface area contributed by atoms with E-state index in [1.807, 2.05) is 0 Å². The molecule has 0 spiro atoms. The Morgan fingerprint density at radius 2 is 2.22 bits per heavy atom. The third-order valence-electron chi connectivity index (χ3n) is 0.654. The second-order valence-corrected chi connectivity index (χ2v) is 1.64. The highest BCUT2D eigenvalue weighted by Crippen LogP contribution is 1.82. The van der Waals surface area contributed by atoms with Crippen LogP contribution < -0.4 is 5.32 Å². The minimum Gasteiger partial charge on any atom is -0.330 e. The summed E-state index contributed by atoms with van der Waals surface area (Å²) in [6.45, 7) is 3.05. The van der Waals surface area contributed by atoms with Gasteiger partial charge in [-0.3, -0.25) is 4.79 Å². The smallest absolute Gasteiger partial charge is 0.221 e. The van der Waals surface area contributed by atoms with Crippen LogP contribution in [0.2, 0.25) is 0 Å². The normalized spacial score (nSPS) is 10.1. The Morgan fingerprint density at radius 1 is 1.67 bits per heavy atom. The fourth-order valence-corrected chi connectivity index (χ4v) is 0.411. The lowest BCUT2D eigenvalue weighted by Crippen LogP contribution is -2.16. The molecule has 0 aromatic carbocycles. The van der Waals surface area contributed by atoms with Gasteiger partial charge >= 0.3 is 0 Å². The van der Waals surface area contributed by atoms with Gasteiger partial charge in [0.05, 0.1) is 6.07 Å². The number of hydrogen-bond acceptors (Lipinski definition) is 2. The lowest BCUT2D eigenvalue weighted by Gasteiger charge is -1.95. The number of nitrogens with one attached hydrogen (secondary N) is 1. The van der Waals surface area contributed by atoms with Crippen LogP contribution in [0.5, 0.6) is 0 Å². The van der Waals surface area contributed by atoms with E-state index >= 15 is 0 Å². The molecule has 0 aromatic rings. The number of hydrogen-bond donors (Lipinski definition) is 1. The fourth-order valence-electron chi connectivity index (χ4n) is 0.411. The molecule has 0 aliphatic heterocycles. The van der Waals surface area contributed by atoms with Gasteiger partial charge < -0.3 is 5.32 Å². The molecule has 0 fully saturated rings. The number of carbonyl (C=O) groups is 1. The molecular formula is C6H8N2O. The van der Waals surface area contributed by atoms with Crippen LogP contribution in [0, 0.1) is 11.3 Å². The topological polar surface area (TPSA) is 52.9 Å². The van der Waals surface area contributed by atoms with Crippen molar-refractivity contribution in [2.24, 2.45) is 0 Å². The maximum absolute atomic E-state index is 10.3. The minimum atomic E-state index is -0.154. The predicted octanol–water partition coefficient (Wildman–Crippen LogP) is 0.550. The van der Waals surface area contributed by atoms with Gasteiger partial charge in [-0.15, -0.1) is 0 Å². The number of nitriles is 1. The molecule has 0 aliphatic carbocycles. The van der Waals surface area contributed by atoms with Gasteiger partial charge in [-0.2, -0.15) is 5.26 Å². The number of rotatable bonds is 1. The van der Waals surface area contributed by atoms with Crippen molar-refractivity contribution in [2.45, 2.75) is 13.8 Å². The first-order chi connectivity index (χ1) is 4.16. The molecule has 0 saturated carbocycles. The van der Waals surface area contributed by atoms with Crippen LogP contribution in [0.4, 0.5) is 0 Å². The van der Waals surface area contributed by atoms with Crippen molar-refractivity contribution in [3.05, 3.63) is 11.8 Å². The maximum Gasteiger partial charge on any atom is 0.221 e. The van der Waals surface area contributed by atoms with Crippen LogP contribution in [0.15, 0.2) is 11.8 Å². The Balaban J connectivity index is 3.80. The van der Waals surface area contributed by atoms with Gasteiger partial charge in [-0.25, -0.2) is 0 Å². The van der Waals surface area contributed by atoms with E-state index in [4.69, 9.17) is 5.26 Å². The molecule has 0 radical (unpaired) electrons. The molecule has 0 aromatic heterocycles. The van der Waals surface area contributed by atoms with E-state index in [9.17, 15) is 4.79 Å². The van der Waals surface area contributed by atoms with Gasteiger partial charge in [0.25, 0.3) is 0 Å². The van der Waals surface area contributed by atoms with E-state index in [0.29, 0.717) is 5.70 Å². The molecule has 0 aliphatic rings. The zero-order chi connectivity index (χ0) is 7.28. The molecule has 3 heteroatoms. The van der Waals surface area contributed by atoms with Crippen molar-refractivity contribution >= 4 is 5.91 Å². The maximum atomic E-state index is 10.3. The fraction of sp³-hybridized carbons (Fsp3) is 0.333. The van der Waals surface area contributed by atoms with E-state index in [1.54, 1.807) is 13.0 Å². The van der Waals surface area contributed by atoms with Crippen LogP contribution in [0.1, 0.15) is 13.8 Å². The van der Waals surface area contributed by atoms with Gasteiger partial charge in [0.1, 0.15) is 0 Å². The van der Waals surface area contributed by atoms with Crippen LogP contribution in [0.3, 0.4) is 0 Å². The Bertz CT molecular complexity index is 176. The molecule has 1 amide bonds. The number of amides is 1. The van der Waals surface area contributed by atoms with Crippen molar-refractivity contribution in [2.75, 3.05) is 0 Å². The Morgan fingerprint density at radius 3 is 2.56 bits per heavy atom. The Labute approximate surface area is 54.0 Å². The molecule has 0 rings (SSSR count). The largest absolute Gasteiger partial charge is 0.330 e. The summed E-state index contributed by atoms with van der Waals surface area (Å²) in [5.41, 5.74) is 0.574. The van der Waals surface area contributed by atoms with Crippen molar-refractivity contribution in [1.82, 2.24) is 5.32 Å². The molecule has 0 atom stereocenters. The first kappa shape index (κ1) is 7.70. The van der Waals surface area contributed by atoms with Crippen LogP contribution >= 0.6 is 0 Å². The summed E-state index contributed by atoms with van der Waals surface area (Å²) in [6.07, 6.45) is 1.28. The highest BCUT2D eigenvalue weighted by molar-refractivity contribution is 5.74. The van der Waals surface area contributed by atoms with E-state index in [-0.39, 0.29) is 5.91 Å². The van der Waals surface area contributed by atoms with E-state index in [2.05, 4.69) is 5.32 Å². The first-order valence-electron chi connectivity index (χ1n) is 2.51. The zero-order valence-corrected chi connectivity index (χ0v) is 5.43. The summed E-state index contributed by atoms with van der Waals surface area (Å²) in [5.74, 6) is -0.154. The standard InChI is InChI=1S/C6H8N2O/c1-5(3-4-7)8-6(2)9/h3H,1-2H3,(H,8,9)/b5-3+. The van der Waals surface area contributed by atoms with Crippen molar-refractivity contribution in [3.8, 4) is 6.07 Å². The average Bonchev–Trinajstić information content (AvgIpc) is 1.63. The first-order valence-corrected chi connectivity index (χ1v) is 2.51.